The summed E-state index contributed by atoms with van der Waals surface area (Å²) in [5.74, 6) is -1.69. The molecule has 0 unspecified atom stereocenters. The smallest absolute Gasteiger partial charge is 0.162 e. The van der Waals surface area contributed by atoms with Gasteiger partial charge in [0.25, 0.3) is 0 Å². The van der Waals surface area contributed by atoms with E-state index < -0.39 is 11.6 Å². The van der Waals surface area contributed by atoms with Gasteiger partial charge in [-0.05, 0) is 6.07 Å². The van der Waals surface area contributed by atoms with Gasteiger partial charge < -0.3 is 4.74 Å². The van der Waals surface area contributed by atoms with Crippen LogP contribution in [-0.2, 0) is 0 Å². The van der Waals surface area contributed by atoms with Crippen molar-refractivity contribution in [1.29, 1.82) is 0 Å². The number of rotatable bonds is 3. The van der Waals surface area contributed by atoms with Crippen LogP contribution in [0.15, 0.2) is 24.8 Å². The fourth-order valence-corrected chi connectivity index (χ4v) is 0.661. The minimum absolute atomic E-state index is 0.175. The first-order chi connectivity index (χ1) is 5.74. The lowest BCUT2D eigenvalue weighted by Crippen LogP contribution is -1.94. The van der Waals surface area contributed by atoms with Gasteiger partial charge in [-0.3, -0.25) is 0 Å². The molecule has 0 amide bonds. The average Bonchev–Trinajstić information content (AvgIpc) is 2.07. The van der Waals surface area contributed by atoms with Crippen molar-refractivity contribution in [2.45, 2.75) is 0 Å². The Bertz CT molecular complexity index is 284. The van der Waals surface area contributed by atoms with Gasteiger partial charge in [0.05, 0.1) is 0 Å². The van der Waals surface area contributed by atoms with Crippen LogP contribution in [0.2, 0.25) is 0 Å². The standard InChI is InChI=1S/C9H7F2O/c1-2-5-12-7-3-4-8(10)9(11)6-7/h2,4,6H,1,5H2. The molecule has 1 aromatic carbocycles. The molecule has 0 spiro atoms. The third kappa shape index (κ3) is 2.05. The fourth-order valence-electron chi connectivity index (χ4n) is 0.661. The molecule has 63 valence electrons. The molecule has 0 aliphatic rings. The first-order valence-corrected chi connectivity index (χ1v) is 3.34. The maximum atomic E-state index is 12.5. The largest absolute Gasteiger partial charge is 0.489 e. The van der Waals surface area contributed by atoms with Gasteiger partial charge in [0.15, 0.2) is 11.6 Å². The van der Waals surface area contributed by atoms with Crippen LogP contribution in [0.3, 0.4) is 0 Å². The predicted octanol–water partition coefficient (Wildman–Crippen LogP) is 2.33. The molecule has 0 aliphatic carbocycles. The van der Waals surface area contributed by atoms with Gasteiger partial charge in [-0.2, -0.15) is 0 Å². The van der Waals surface area contributed by atoms with Crippen molar-refractivity contribution >= 4 is 0 Å². The molecule has 0 bridgehead atoms. The first-order valence-electron chi connectivity index (χ1n) is 3.34. The molecule has 3 heteroatoms. The highest BCUT2D eigenvalue weighted by atomic mass is 19.2. The Morgan fingerprint density at radius 1 is 1.50 bits per heavy atom. The van der Waals surface area contributed by atoms with Gasteiger partial charge in [-0.25, -0.2) is 8.78 Å². The Morgan fingerprint density at radius 2 is 2.25 bits per heavy atom. The van der Waals surface area contributed by atoms with Crippen molar-refractivity contribution in [3.8, 4) is 5.75 Å². The summed E-state index contributed by atoms with van der Waals surface area (Å²) in [6.07, 6.45) is 1.51. The van der Waals surface area contributed by atoms with E-state index in [1.165, 1.54) is 6.08 Å². The molecule has 0 saturated heterocycles. The van der Waals surface area contributed by atoms with E-state index in [9.17, 15) is 8.78 Å². The zero-order chi connectivity index (χ0) is 8.97. The number of halogens is 2. The summed E-state index contributed by atoms with van der Waals surface area (Å²) >= 11 is 0. The second kappa shape index (κ2) is 3.85. The van der Waals surface area contributed by atoms with Crippen LogP contribution in [0.25, 0.3) is 0 Å². The van der Waals surface area contributed by atoms with Crippen LogP contribution in [0.4, 0.5) is 8.78 Å². The molecule has 0 saturated carbocycles. The van der Waals surface area contributed by atoms with Crippen LogP contribution >= 0.6 is 0 Å². The average molecular weight is 169 g/mol. The molecule has 0 fully saturated rings. The quantitative estimate of drug-likeness (QED) is 0.631. The zero-order valence-electron chi connectivity index (χ0n) is 6.31. The lowest BCUT2D eigenvalue weighted by Gasteiger charge is -2.01. The van der Waals surface area contributed by atoms with Gasteiger partial charge >= 0.3 is 0 Å². The van der Waals surface area contributed by atoms with E-state index in [-0.39, 0.29) is 12.4 Å². The molecule has 1 aromatic rings. The number of hydrogen-bond acceptors (Lipinski definition) is 1. The summed E-state index contributed by atoms with van der Waals surface area (Å²) in [7, 11) is 0. The summed E-state index contributed by atoms with van der Waals surface area (Å²) in [6, 6.07) is 4.27. The minimum Gasteiger partial charge on any atom is -0.489 e. The fraction of sp³-hybridized carbons (Fsp3) is 0.111. The highest BCUT2D eigenvalue weighted by Gasteiger charge is 2.02. The van der Waals surface area contributed by atoms with E-state index in [2.05, 4.69) is 12.6 Å². The highest BCUT2D eigenvalue weighted by Crippen LogP contribution is 2.14. The van der Waals surface area contributed by atoms with Gasteiger partial charge in [-0.1, -0.05) is 12.7 Å². The summed E-state index contributed by atoms with van der Waals surface area (Å²) in [6.45, 7) is 3.66. The first kappa shape index (κ1) is 8.71. The molecular formula is C9H7F2O. The normalized spacial score (nSPS) is 9.50. The molecule has 0 aliphatic heterocycles. The van der Waals surface area contributed by atoms with E-state index in [1.807, 2.05) is 0 Å². The summed E-state index contributed by atoms with van der Waals surface area (Å²) in [5, 5.41) is 0. The van der Waals surface area contributed by atoms with Crippen molar-refractivity contribution in [1.82, 2.24) is 0 Å². The van der Waals surface area contributed by atoms with Crippen LogP contribution in [0.1, 0.15) is 0 Å². The minimum atomic E-state index is -0.937. The maximum Gasteiger partial charge on any atom is 0.162 e. The van der Waals surface area contributed by atoms with Gasteiger partial charge in [0, 0.05) is 12.1 Å². The second-order valence-electron chi connectivity index (χ2n) is 2.09. The Kier molecular flexibility index (Phi) is 2.80. The third-order valence-corrected chi connectivity index (χ3v) is 1.18. The molecule has 1 radical (unpaired) electrons. The SMILES string of the molecule is C=CCOc1[c]cc(F)c(F)c1. The molecule has 0 heterocycles. The molecule has 0 atom stereocenters. The van der Waals surface area contributed by atoms with Crippen LogP contribution in [0, 0.1) is 17.7 Å². The highest BCUT2D eigenvalue weighted by molar-refractivity contribution is 5.22. The number of ether oxygens (including phenoxy) is 1. The number of hydrogen-bond donors (Lipinski definition) is 0. The van der Waals surface area contributed by atoms with Crippen molar-refractivity contribution in [2.24, 2.45) is 0 Å². The van der Waals surface area contributed by atoms with Gasteiger partial charge in [0.2, 0.25) is 0 Å². The molecule has 0 aromatic heterocycles. The Labute approximate surface area is 69.3 Å². The molecular weight excluding hydrogens is 162 g/mol. The third-order valence-electron chi connectivity index (χ3n) is 1.18. The van der Waals surface area contributed by atoms with E-state index in [0.29, 0.717) is 0 Å². The van der Waals surface area contributed by atoms with E-state index in [0.717, 1.165) is 12.1 Å². The lowest BCUT2D eigenvalue weighted by molar-refractivity contribution is 0.357. The maximum absolute atomic E-state index is 12.5. The summed E-state index contributed by atoms with van der Waals surface area (Å²) in [5.41, 5.74) is 0. The lowest BCUT2D eigenvalue weighted by atomic mass is 10.3. The number of benzene rings is 1. The van der Waals surface area contributed by atoms with Crippen LogP contribution in [0.5, 0.6) is 5.75 Å². The van der Waals surface area contributed by atoms with E-state index in [1.54, 1.807) is 0 Å². The van der Waals surface area contributed by atoms with Crippen molar-refractivity contribution < 1.29 is 13.5 Å². The van der Waals surface area contributed by atoms with Crippen molar-refractivity contribution in [3.63, 3.8) is 0 Å². The van der Waals surface area contributed by atoms with Crippen LogP contribution in [-0.4, -0.2) is 6.61 Å². The van der Waals surface area contributed by atoms with Gasteiger partial charge in [-0.15, -0.1) is 0 Å². The second-order valence-corrected chi connectivity index (χ2v) is 2.09. The summed E-state index contributed by atoms with van der Waals surface area (Å²) < 4.78 is 29.8. The van der Waals surface area contributed by atoms with Gasteiger partial charge in [0.1, 0.15) is 12.4 Å². The zero-order valence-corrected chi connectivity index (χ0v) is 6.31. The molecule has 1 nitrogen and oxygen atoms in total. The molecule has 0 N–H and O–H groups in total. The summed E-state index contributed by atoms with van der Waals surface area (Å²) in [4.78, 5) is 0. The van der Waals surface area contributed by atoms with Crippen molar-refractivity contribution in [3.05, 3.63) is 42.5 Å². The monoisotopic (exact) mass is 169 g/mol. The topological polar surface area (TPSA) is 9.23 Å². The van der Waals surface area contributed by atoms with E-state index >= 15 is 0 Å². The predicted molar refractivity (Wildman–Crippen MR) is 40.9 cm³/mol. The van der Waals surface area contributed by atoms with E-state index in [4.69, 9.17) is 4.74 Å². The van der Waals surface area contributed by atoms with Crippen LogP contribution < -0.4 is 4.74 Å². The Morgan fingerprint density at radius 3 is 2.83 bits per heavy atom. The van der Waals surface area contributed by atoms with Crippen molar-refractivity contribution in [2.75, 3.05) is 6.61 Å². The molecule has 12 heavy (non-hydrogen) atoms. The molecule has 1 rings (SSSR count). The Hall–Kier alpha value is -1.38. The Balaban J connectivity index is 2.75.